The molecule has 1 unspecified atom stereocenters. The largest absolute Gasteiger partial charge is 0.353 e. The topological polar surface area (TPSA) is 108 Å². The predicted molar refractivity (Wildman–Crippen MR) is 73.0 cm³/mol. The van der Waals surface area contributed by atoms with Gasteiger partial charge in [0.2, 0.25) is 23.6 Å². The van der Waals surface area contributed by atoms with E-state index in [2.05, 4.69) is 16.0 Å². The number of rotatable bonds is 6. The highest BCUT2D eigenvalue weighted by atomic mass is 16.2. The Kier molecular flexibility index (Phi) is 5.13. The molecule has 0 bridgehead atoms. The minimum atomic E-state index is -0.463. The summed E-state index contributed by atoms with van der Waals surface area (Å²) < 4.78 is 0. The first-order valence-electron chi connectivity index (χ1n) is 7.18. The molecule has 2 saturated heterocycles. The highest BCUT2D eigenvalue weighted by Gasteiger charge is 2.26. The van der Waals surface area contributed by atoms with E-state index in [1.807, 2.05) is 0 Å². The number of carbonyl (C=O) groups excluding carboxylic acids is 4. The second-order valence-corrected chi connectivity index (χ2v) is 5.22. The monoisotopic (exact) mass is 296 g/mol. The molecule has 2 rings (SSSR count). The Morgan fingerprint density at radius 3 is 2.57 bits per heavy atom. The van der Waals surface area contributed by atoms with Crippen LogP contribution in [-0.2, 0) is 19.2 Å². The van der Waals surface area contributed by atoms with Crippen LogP contribution in [0.2, 0.25) is 0 Å². The summed E-state index contributed by atoms with van der Waals surface area (Å²) in [4.78, 5) is 47.2. The SMILES string of the molecule is O=C(CN1CCCC1=O)NCCNC(=O)C1CCC(=O)N1. The van der Waals surface area contributed by atoms with E-state index in [9.17, 15) is 19.2 Å². The van der Waals surface area contributed by atoms with Crippen LogP contribution in [0.4, 0.5) is 0 Å². The van der Waals surface area contributed by atoms with Crippen LogP contribution >= 0.6 is 0 Å². The van der Waals surface area contributed by atoms with Crippen LogP contribution in [0.1, 0.15) is 25.7 Å². The number of likely N-dealkylation sites (tertiary alicyclic amines) is 1. The molecule has 0 aromatic heterocycles. The standard InChI is InChI=1S/C13H20N4O4/c18-10-4-3-9(16-10)13(21)15-6-5-14-11(19)8-17-7-1-2-12(17)20/h9H,1-8H2,(H,14,19)(H,15,21)(H,16,18). The number of nitrogens with zero attached hydrogens (tertiary/aromatic N) is 1. The van der Waals surface area contributed by atoms with Gasteiger partial charge in [-0.2, -0.15) is 0 Å². The maximum atomic E-state index is 11.7. The lowest BCUT2D eigenvalue weighted by Gasteiger charge is -2.15. The average molecular weight is 296 g/mol. The summed E-state index contributed by atoms with van der Waals surface area (Å²) in [5, 5.41) is 7.88. The molecule has 0 saturated carbocycles. The summed E-state index contributed by atoms with van der Waals surface area (Å²) in [5.41, 5.74) is 0. The van der Waals surface area contributed by atoms with Crippen LogP contribution in [-0.4, -0.2) is 60.7 Å². The Balaban J connectivity index is 1.56. The fourth-order valence-corrected chi connectivity index (χ4v) is 2.42. The maximum Gasteiger partial charge on any atom is 0.242 e. The Morgan fingerprint density at radius 1 is 1.19 bits per heavy atom. The van der Waals surface area contributed by atoms with Crippen molar-refractivity contribution < 1.29 is 19.2 Å². The normalized spacial score (nSPS) is 21.3. The molecule has 2 heterocycles. The molecule has 0 aliphatic carbocycles. The van der Waals surface area contributed by atoms with E-state index in [1.165, 1.54) is 4.90 Å². The first-order valence-corrected chi connectivity index (χ1v) is 7.18. The van der Waals surface area contributed by atoms with Crippen molar-refractivity contribution in [1.29, 1.82) is 0 Å². The molecule has 116 valence electrons. The molecule has 21 heavy (non-hydrogen) atoms. The molecule has 3 N–H and O–H groups in total. The predicted octanol–water partition coefficient (Wildman–Crippen LogP) is -1.88. The van der Waals surface area contributed by atoms with Gasteiger partial charge in [-0.1, -0.05) is 0 Å². The molecule has 0 spiro atoms. The molecule has 8 heteroatoms. The van der Waals surface area contributed by atoms with E-state index in [1.54, 1.807) is 0 Å². The van der Waals surface area contributed by atoms with Gasteiger partial charge in [-0.3, -0.25) is 19.2 Å². The highest BCUT2D eigenvalue weighted by molar-refractivity contribution is 5.90. The quantitative estimate of drug-likeness (QED) is 0.499. The van der Waals surface area contributed by atoms with Gasteiger partial charge in [-0.05, 0) is 12.8 Å². The van der Waals surface area contributed by atoms with Gasteiger partial charge in [0.1, 0.15) is 6.04 Å². The van der Waals surface area contributed by atoms with Crippen LogP contribution in [0.25, 0.3) is 0 Å². The molecule has 1 atom stereocenters. The highest BCUT2D eigenvalue weighted by Crippen LogP contribution is 2.08. The lowest BCUT2D eigenvalue weighted by molar-refractivity contribution is -0.133. The first-order chi connectivity index (χ1) is 10.1. The number of hydrogen-bond donors (Lipinski definition) is 3. The van der Waals surface area contributed by atoms with Crippen LogP contribution in [0.15, 0.2) is 0 Å². The summed E-state index contributed by atoms with van der Waals surface area (Å²) in [6.45, 7) is 1.30. The van der Waals surface area contributed by atoms with Crippen molar-refractivity contribution in [3.63, 3.8) is 0 Å². The minimum absolute atomic E-state index is 0.00966. The molecular weight excluding hydrogens is 276 g/mol. The third-order valence-corrected chi connectivity index (χ3v) is 3.56. The Morgan fingerprint density at radius 2 is 1.95 bits per heavy atom. The van der Waals surface area contributed by atoms with Gasteiger partial charge in [0.25, 0.3) is 0 Å². The number of amides is 4. The summed E-state index contributed by atoms with van der Waals surface area (Å²) in [6, 6.07) is -0.463. The Labute approximate surface area is 122 Å². The van der Waals surface area contributed by atoms with E-state index in [0.717, 1.165) is 6.42 Å². The zero-order valence-corrected chi connectivity index (χ0v) is 11.8. The molecule has 0 aromatic carbocycles. The van der Waals surface area contributed by atoms with E-state index in [4.69, 9.17) is 0 Å². The van der Waals surface area contributed by atoms with E-state index >= 15 is 0 Å². The number of nitrogens with one attached hydrogen (secondary N) is 3. The first kappa shape index (κ1) is 15.3. The van der Waals surface area contributed by atoms with Crippen molar-refractivity contribution in [1.82, 2.24) is 20.9 Å². The maximum absolute atomic E-state index is 11.7. The average Bonchev–Trinajstić information content (AvgIpc) is 3.04. The number of carbonyl (C=O) groups is 4. The molecule has 0 aromatic rings. The van der Waals surface area contributed by atoms with Gasteiger partial charge in [-0.25, -0.2) is 0 Å². The van der Waals surface area contributed by atoms with Gasteiger partial charge in [0.15, 0.2) is 0 Å². The van der Waals surface area contributed by atoms with Gasteiger partial charge in [0, 0.05) is 32.5 Å². The van der Waals surface area contributed by atoms with Gasteiger partial charge in [-0.15, -0.1) is 0 Å². The molecule has 2 aliphatic heterocycles. The molecule has 2 fully saturated rings. The second kappa shape index (κ2) is 7.05. The van der Waals surface area contributed by atoms with E-state index in [0.29, 0.717) is 38.9 Å². The summed E-state index contributed by atoms with van der Waals surface area (Å²) >= 11 is 0. The smallest absolute Gasteiger partial charge is 0.242 e. The van der Waals surface area contributed by atoms with Crippen molar-refractivity contribution in [3.8, 4) is 0 Å². The van der Waals surface area contributed by atoms with Gasteiger partial charge >= 0.3 is 0 Å². The summed E-state index contributed by atoms with van der Waals surface area (Å²) in [5.74, 6) is -0.562. The third-order valence-electron chi connectivity index (χ3n) is 3.56. The molecule has 8 nitrogen and oxygen atoms in total. The molecule has 4 amide bonds. The molecule has 0 radical (unpaired) electrons. The van der Waals surface area contributed by atoms with Crippen LogP contribution in [0, 0.1) is 0 Å². The van der Waals surface area contributed by atoms with Gasteiger partial charge < -0.3 is 20.9 Å². The lowest BCUT2D eigenvalue weighted by Crippen LogP contribution is -2.45. The lowest BCUT2D eigenvalue weighted by atomic mass is 10.2. The van der Waals surface area contributed by atoms with Crippen molar-refractivity contribution in [2.45, 2.75) is 31.7 Å². The molecule has 2 aliphatic rings. The zero-order chi connectivity index (χ0) is 15.2. The zero-order valence-electron chi connectivity index (χ0n) is 11.8. The summed E-state index contributed by atoms with van der Waals surface area (Å²) in [7, 11) is 0. The second-order valence-electron chi connectivity index (χ2n) is 5.22. The van der Waals surface area contributed by atoms with Crippen LogP contribution < -0.4 is 16.0 Å². The summed E-state index contributed by atoms with van der Waals surface area (Å²) in [6.07, 6.45) is 2.19. The van der Waals surface area contributed by atoms with Crippen LogP contribution in [0.3, 0.4) is 0 Å². The van der Waals surface area contributed by atoms with E-state index < -0.39 is 6.04 Å². The van der Waals surface area contributed by atoms with Crippen molar-refractivity contribution in [2.24, 2.45) is 0 Å². The number of hydrogen-bond acceptors (Lipinski definition) is 4. The fraction of sp³-hybridized carbons (Fsp3) is 0.692. The fourth-order valence-electron chi connectivity index (χ4n) is 2.42. The Hall–Kier alpha value is -2.12. The van der Waals surface area contributed by atoms with Crippen molar-refractivity contribution in [3.05, 3.63) is 0 Å². The van der Waals surface area contributed by atoms with Crippen molar-refractivity contribution in [2.75, 3.05) is 26.2 Å². The van der Waals surface area contributed by atoms with Crippen molar-refractivity contribution >= 4 is 23.6 Å². The van der Waals surface area contributed by atoms with Gasteiger partial charge in [0.05, 0.1) is 6.54 Å². The van der Waals surface area contributed by atoms with Crippen LogP contribution in [0.5, 0.6) is 0 Å². The minimum Gasteiger partial charge on any atom is -0.353 e. The molecular formula is C13H20N4O4. The van der Waals surface area contributed by atoms with E-state index in [-0.39, 0.29) is 30.2 Å². The third kappa shape index (κ3) is 4.44. The Bertz CT molecular complexity index is 451.